The molecular weight excluding hydrogens is 323 g/mol. The van der Waals surface area contributed by atoms with Gasteiger partial charge >= 0.3 is 6.18 Å². The van der Waals surface area contributed by atoms with Gasteiger partial charge in [0.05, 0.1) is 0 Å². The molecule has 0 atom stereocenters. The van der Waals surface area contributed by atoms with Gasteiger partial charge in [0.1, 0.15) is 17.2 Å². The summed E-state index contributed by atoms with van der Waals surface area (Å²) in [6, 6.07) is 0.818. The zero-order chi connectivity index (χ0) is 15.7. The van der Waals surface area contributed by atoms with Gasteiger partial charge in [-0.15, -0.1) is 0 Å². The molecule has 0 aliphatic heterocycles. The maximum absolute atomic E-state index is 12.3. The molecule has 0 N–H and O–H groups in total. The fraction of sp³-hybridized carbons (Fsp3) is 0.500. The summed E-state index contributed by atoms with van der Waals surface area (Å²) in [6.45, 7) is 0.941. The van der Waals surface area contributed by atoms with E-state index in [4.69, 9.17) is 15.1 Å². The first-order valence-electron chi connectivity index (χ1n) is 5.37. The Hall–Kier alpha value is -1.22. The van der Waals surface area contributed by atoms with Gasteiger partial charge in [-0.05, 0) is 13.8 Å². The standard InChI is InChI=1S/C10H11ClF3NO4S/c1-3-15(5-10(12,13)14)9(16)7-4-8(6(2)19-7)20(11,17)18/h4H,3,5H2,1-2H3. The summed E-state index contributed by atoms with van der Waals surface area (Å²) < 4.78 is 64.1. The van der Waals surface area contributed by atoms with Gasteiger partial charge in [0.2, 0.25) is 0 Å². The van der Waals surface area contributed by atoms with Gasteiger partial charge in [0, 0.05) is 23.3 Å². The number of rotatable bonds is 4. The van der Waals surface area contributed by atoms with Crippen LogP contribution in [0.5, 0.6) is 0 Å². The van der Waals surface area contributed by atoms with Gasteiger partial charge in [-0.25, -0.2) is 8.42 Å². The number of hydrogen-bond acceptors (Lipinski definition) is 4. The molecule has 1 aromatic rings. The van der Waals surface area contributed by atoms with Crippen molar-refractivity contribution in [2.75, 3.05) is 13.1 Å². The quantitative estimate of drug-likeness (QED) is 0.794. The lowest BCUT2D eigenvalue weighted by atomic mass is 10.3. The molecule has 0 fully saturated rings. The van der Waals surface area contributed by atoms with Crippen molar-refractivity contribution < 1.29 is 30.8 Å². The van der Waals surface area contributed by atoms with Crippen molar-refractivity contribution in [3.63, 3.8) is 0 Å². The predicted molar refractivity (Wildman–Crippen MR) is 64.1 cm³/mol. The molecule has 0 saturated heterocycles. The summed E-state index contributed by atoms with van der Waals surface area (Å²) in [5.41, 5.74) is 0. The fourth-order valence-corrected chi connectivity index (χ4v) is 2.60. The summed E-state index contributed by atoms with van der Waals surface area (Å²) in [6.07, 6.45) is -4.56. The second-order valence-corrected chi connectivity index (χ2v) is 6.44. The molecule has 0 spiro atoms. The van der Waals surface area contributed by atoms with E-state index in [0.29, 0.717) is 4.90 Å². The molecule has 0 bridgehead atoms. The van der Waals surface area contributed by atoms with Crippen molar-refractivity contribution in [3.05, 3.63) is 17.6 Å². The molecule has 5 nitrogen and oxygen atoms in total. The Morgan fingerprint density at radius 2 is 2.00 bits per heavy atom. The van der Waals surface area contributed by atoms with Gasteiger partial charge in [-0.3, -0.25) is 4.79 Å². The van der Waals surface area contributed by atoms with Gasteiger partial charge in [0.15, 0.2) is 5.76 Å². The van der Waals surface area contributed by atoms with Crippen molar-refractivity contribution in [1.82, 2.24) is 4.90 Å². The average molecular weight is 334 g/mol. The number of halogens is 4. The molecule has 1 amide bonds. The van der Waals surface area contributed by atoms with Crippen LogP contribution in [-0.2, 0) is 9.05 Å². The van der Waals surface area contributed by atoms with Crippen LogP contribution < -0.4 is 0 Å². The number of alkyl halides is 3. The van der Waals surface area contributed by atoms with Crippen LogP contribution in [-0.4, -0.2) is 38.5 Å². The lowest BCUT2D eigenvalue weighted by molar-refractivity contribution is -0.140. The minimum atomic E-state index is -4.56. The molecule has 0 aromatic carbocycles. The van der Waals surface area contributed by atoms with E-state index < -0.39 is 38.3 Å². The van der Waals surface area contributed by atoms with Gasteiger partial charge in [0.25, 0.3) is 15.0 Å². The maximum Gasteiger partial charge on any atom is 0.406 e. The highest BCUT2D eigenvalue weighted by Gasteiger charge is 2.34. The summed E-state index contributed by atoms with van der Waals surface area (Å²) in [4.78, 5) is 11.9. The lowest BCUT2D eigenvalue weighted by Crippen LogP contribution is -2.38. The molecule has 114 valence electrons. The Bertz CT molecular complexity index is 609. The van der Waals surface area contributed by atoms with E-state index in [-0.39, 0.29) is 12.3 Å². The molecule has 0 saturated carbocycles. The summed E-state index contributed by atoms with van der Waals surface area (Å²) in [7, 11) is 0.981. The third-order valence-corrected chi connectivity index (χ3v) is 3.81. The van der Waals surface area contributed by atoms with E-state index in [2.05, 4.69) is 0 Å². The Kier molecular flexibility index (Phi) is 4.75. The van der Waals surface area contributed by atoms with Crippen molar-refractivity contribution in [2.45, 2.75) is 24.9 Å². The first kappa shape index (κ1) is 16.8. The van der Waals surface area contributed by atoms with Gasteiger partial charge in [-0.1, -0.05) is 0 Å². The van der Waals surface area contributed by atoms with Crippen LogP contribution in [0.4, 0.5) is 13.2 Å². The predicted octanol–water partition coefficient (Wildman–Crippen LogP) is 2.54. The van der Waals surface area contributed by atoms with Crippen LogP contribution >= 0.6 is 10.7 Å². The monoisotopic (exact) mass is 333 g/mol. The Balaban J connectivity index is 3.09. The molecular formula is C10H11ClF3NO4S. The zero-order valence-corrected chi connectivity index (χ0v) is 12.1. The van der Waals surface area contributed by atoms with Crippen LogP contribution in [0.3, 0.4) is 0 Å². The maximum atomic E-state index is 12.3. The minimum Gasteiger partial charge on any atom is -0.455 e. The normalized spacial score (nSPS) is 12.5. The van der Waals surface area contributed by atoms with Crippen LogP contribution in [0.25, 0.3) is 0 Å². The van der Waals surface area contributed by atoms with E-state index in [1.807, 2.05) is 0 Å². The highest BCUT2D eigenvalue weighted by molar-refractivity contribution is 8.13. The largest absolute Gasteiger partial charge is 0.455 e. The Morgan fingerprint density at radius 3 is 2.35 bits per heavy atom. The highest BCUT2D eigenvalue weighted by Crippen LogP contribution is 2.25. The SMILES string of the molecule is CCN(CC(F)(F)F)C(=O)c1cc(S(=O)(=O)Cl)c(C)o1. The molecule has 1 aromatic heterocycles. The summed E-state index contributed by atoms with van der Waals surface area (Å²) >= 11 is 0. The number of amides is 1. The first-order valence-corrected chi connectivity index (χ1v) is 7.67. The highest BCUT2D eigenvalue weighted by atomic mass is 35.7. The van der Waals surface area contributed by atoms with Gasteiger partial charge < -0.3 is 9.32 Å². The van der Waals surface area contributed by atoms with E-state index in [9.17, 15) is 26.4 Å². The summed E-state index contributed by atoms with van der Waals surface area (Å²) in [5.74, 6) is -1.72. The van der Waals surface area contributed by atoms with Crippen molar-refractivity contribution in [3.8, 4) is 0 Å². The zero-order valence-electron chi connectivity index (χ0n) is 10.5. The molecule has 0 aliphatic rings. The Morgan fingerprint density at radius 1 is 1.45 bits per heavy atom. The fourth-order valence-electron chi connectivity index (χ4n) is 1.51. The van der Waals surface area contributed by atoms with E-state index in [1.54, 1.807) is 0 Å². The average Bonchev–Trinajstić information content (AvgIpc) is 2.65. The Labute approximate surface area is 117 Å². The number of nitrogens with zero attached hydrogens (tertiary/aromatic N) is 1. The molecule has 20 heavy (non-hydrogen) atoms. The minimum absolute atomic E-state index is 0.161. The third kappa shape index (κ3) is 4.14. The van der Waals surface area contributed by atoms with Crippen LogP contribution in [0.15, 0.2) is 15.4 Å². The van der Waals surface area contributed by atoms with Crippen molar-refractivity contribution in [1.29, 1.82) is 0 Å². The number of carbonyl (C=O) groups is 1. The number of carbonyl (C=O) groups excluding carboxylic acids is 1. The van der Waals surface area contributed by atoms with Crippen molar-refractivity contribution in [2.24, 2.45) is 0 Å². The van der Waals surface area contributed by atoms with Gasteiger partial charge in [-0.2, -0.15) is 13.2 Å². The lowest BCUT2D eigenvalue weighted by Gasteiger charge is -2.20. The molecule has 0 unspecified atom stereocenters. The van der Waals surface area contributed by atoms with E-state index in [1.165, 1.54) is 13.8 Å². The van der Waals surface area contributed by atoms with Crippen molar-refractivity contribution >= 4 is 25.6 Å². The van der Waals surface area contributed by atoms with Crippen LogP contribution in [0.1, 0.15) is 23.2 Å². The van der Waals surface area contributed by atoms with E-state index >= 15 is 0 Å². The number of furan rings is 1. The number of hydrogen-bond donors (Lipinski definition) is 0. The molecule has 1 rings (SSSR count). The second kappa shape index (κ2) is 5.65. The summed E-state index contributed by atoms with van der Waals surface area (Å²) in [5, 5.41) is 0. The first-order chi connectivity index (χ1) is 8.95. The van der Waals surface area contributed by atoms with E-state index in [0.717, 1.165) is 6.07 Å². The second-order valence-electron chi connectivity index (χ2n) is 3.90. The smallest absolute Gasteiger partial charge is 0.406 e. The molecule has 10 heteroatoms. The molecule has 0 radical (unpaired) electrons. The topological polar surface area (TPSA) is 67.6 Å². The van der Waals surface area contributed by atoms with Crippen LogP contribution in [0.2, 0.25) is 0 Å². The van der Waals surface area contributed by atoms with Crippen LogP contribution in [0, 0.1) is 6.92 Å². The molecule has 0 aliphatic carbocycles. The molecule has 1 heterocycles. The third-order valence-electron chi connectivity index (χ3n) is 2.38. The number of aryl methyl sites for hydroxylation is 1.